The molecule has 14 heteroatoms. The average Bonchev–Trinajstić information content (AvgIpc) is 4.18. The van der Waals surface area contributed by atoms with Crippen molar-refractivity contribution < 1.29 is 40.5 Å². The zero-order chi connectivity index (χ0) is 55.2. The number of hydrogen-bond donors (Lipinski definition) is 11. The maximum Gasteiger partial charge on any atom is 0.161 e. The van der Waals surface area contributed by atoms with Crippen LogP contribution in [0.4, 0.5) is 0 Å². The molecule has 10 rings (SSSR count). The zero-order valence-electron chi connectivity index (χ0n) is 45.9. The Morgan fingerprint density at radius 2 is 1.68 bits per heavy atom. The van der Waals surface area contributed by atoms with Gasteiger partial charge in [0.15, 0.2) is 11.5 Å². The van der Waals surface area contributed by atoms with Crippen LogP contribution in [0.3, 0.4) is 0 Å². The summed E-state index contributed by atoms with van der Waals surface area (Å²) in [5.41, 5.74) is 14.8. The fraction of sp³-hybridized carbons (Fsp3) is 0.538. The van der Waals surface area contributed by atoms with Gasteiger partial charge in [-0.3, -0.25) is 0 Å². The minimum atomic E-state index is -1.08. The number of benzene rings is 3. The van der Waals surface area contributed by atoms with Gasteiger partial charge in [0.05, 0.1) is 24.4 Å². The van der Waals surface area contributed by atoms with Crippen LogP contribution in [0.25, 0.3) is 0 Å². The smallest absolute Gasteiger partial charge is 0.161 e. The van der Waals surface area contributed by atoms with Gasteiger partial charge >= 0.3 is 0 Å². The van der Waals surface area contributed by atoms with Gasteiger partial charge in [-0.1, -0.05) is 119 Å². The van der Waals surface area contributed by atoms with Crippen LogP contribution < -0.4 is 21.1 Å². The number of phenolic OH excluding ortho intramolecular Hbond substituents is 1. The highest BCUT2D eigenvalue weighted by molar-refractivity contribution is 8.76. The number of aliphatic hydroxyl groups excluding tert-OH is 6. The predicted octanol–water partition coefficient (Wildman–Crippen LogP) is 8.29. The highest BCUT2D eigenvalue weighted by atomic mass is 33.1. The van der Waals surface area contributed by atoms with E-state index in [1.165, 1.54) is 16.7 Å². The Bertz CT molecular complexity index is 2820. The summed E-state index contributed by atoms with van der Waals surface area (Å²) in [4.78, 5) is 3.38. The van der Waals surface area contributed by atoms with Crippen LogP contribution in [0.2, 0.25) is 0 Å². The summed E-state index contributed by atoms with van der Waals surface area (Å²) in [6, 6.07) is 29.1. The number of ether oxygens (including phenoxy) is 1. The summed E-state index contributed by atoms with van der Waals surface area (Å²) in [6.45, 7) is 4.65. The standard InChI is InChI=1S/C65H84N4O8S2/c1-3-41-24-45-28-58(74)60(77-61-29-46(26-49-15-10-21-67-49)51-19-22-68-64(66)56(51)38-79-78-37-47(35-70)63(61)76)31-53(45)54-30-59(75)62-43(27-52(41)54)18-20-65(32-50(16-17-57(62)73)69-34-39(2)72)33-55(42-13-8-5-9-14-42)44(25-48(65)36-71)23-40-11-6-4-7-12-40/h4-15,19,21,27-28,31,39,41,43-44,46-48,50,54-55,57,59,61-63,67-76H,3,16-17,22-26,29-30,32-38,66H2,1-2H3. The van der Waals surface area contributed by atoms with E-state index < -0.39 is 53.7 Å². The number of hydrogen-bond acceptors (Lipinski definition) is 13. The first-order valence-electron chi connectivity index (χ1n) is 29.2. The van der Waals surface area contributed by atoms with Gasteiger partial charge in [-0.2, -0.15) is 0 Å². The third-order valence-corrected chi connectivity index (χ3v) is 21.2. The summed E-state index contributed by atoms with van der Waals surface area (Å²) in [7, 11) is 3.25. The molecule has 0 bridgehead atoms. The second-order valence-corrected chi connectivity index (χ2v) is 26.4. The van der Waals surface area contributed by atoms with Crippen LogP contribution in [0.1, 0.15) is 105 Å². The van der Waals surface area contributed by atoms with Gasteiger partial charge in [0.25, 0.3) is 0 Å². The predicted molar refractivity (Wildman–Crippen MR) is 316 cm³/mol. The van der Waals surface area contributed by atoms with Crippen molar-refractivity contribution in [2.45, 2.75) is 133 Å². The number of allylic oxidation sites excluding steroid dienone is 3. The average molecular weight is 1110 g/mol. The Labute approximate surface area is 475 Å². The normalized spacial score (nSPS) is 33.6. The minimum Gasteiger partial charge on any atom is -0.504 e. The number of aliphatic hydroxyl groups is 6. The van der Waals surface area contributed by atoms with Crippen molar-refractivity contribution in [2.24, 2.45) is 52.6 Å². The van der Waals surface area contributed by atoms with Gasteiger partial charge in [-0.05, 0) is 159 Å². The molecule has 4 aromatic rings. The van der Waals surface area contributed by atoms with Gasteiger partial charge in [-0.25, -0.2) is 0 Å². The van der Waals surface area contributed by atoms with Crippen molar-refractivity contribution in [3.8, 4) is 23.3 Å². The lowest BCUT2D eigenvalue weighted by Gasteiger charge is -2.49. The maximum absolute atomic E-state index is 12.8. The number of phenols is 1. The molecule has 12 nitrogen and oxygen atoms in total. The Morgan fingerprint density at radius 1 is 0.886 bits per heavy atom. The number of fused-ring (bicyclic) bond motifs is 5. The van der Waals surface area contributed by atoms with Gasteiger partial charge in [0.1, 0.15) is 11.9 Å². The fourth-order valence-electron chi connectivity index (χ4n) is 14.6. The zero-order valence-corrected chi connectivity index (χ0v) is 47.6. The molecule has 79 heavy (non-hydrogen) atoms. The van der Waals surface area contributed by atoms with Gasteiger partial charge < -0.3 is 61.8 Å². The molecule has 12 N–H and O–H groups in total. The van der Waals surface area contributed by atoms with Crippen molar-refractivity contribution in [3.05, 3.63) is 154 Å². The van der Waals surface area contributed by atoms with E-state index in [4.69, 9.17) is 10.5 Å². The molecule has 3 aromatic carbocycles. The highest BCUT2D eigenvalue weighted by Crippen LogP contribution is 2.55. The topological polar surface area (TPSA) is 217 Å². The molecule has 16 unspecified atom stereocenters. The van der Waals surface area contributed by atoms with Gasteiger partial charge in [0, 0.05) is 90.4 Å². The van der Waals surface area contributed by atoms with E-state index >= 15 is 0 Å². The monoisotopic (exact) mass is 1110 g/mol. The van der Waals surface area contributed by atoms with Gasteiger partial charge in [-0.15, -0.1) is 0 Å². The molecule has 0 amide bonds. The first-order valence-corrected chi connectivity index (χ1v) is 31.7. The number of aromatic hydroxyl groups is 1. The summed E-state index contributed by atoms with van der Waals surface area (Å²) >= 11 is 0. The molecule has 1 aromatic heterocycles. The summed E-state index contributed by atoms with van der Waals surface area (Å²) in [5.74, 6) is 8.11. The number of H-pyrrole nitrogens is 1. The molecule has 1 saturated carbocycles. The summed E-state index contributed by atoms with van der Waals surface area (Å²) in [5, 5.41) is 89.6. The SMILES string of the molecule is CCC1Cc2cc(O)c(OC3CC(Cc4ccc[nH]4)C4=CCNC(N)=C4CSSCC(CO)C3O)cc2C2CC(O)C3C(C#CC4(CC(NCC(C)O)CCC3O)CC(c3ccccc3)C(Cc3ccccc3)CC4CO)C=C12. The molecule has 3 heterocycles. The maximum atomic E-state index is 12.8. The lowest BCUT2D eigenvalue weighted by atomic mass is 9.55. The highest BCUT2D eigenvalue weighted by Gasteiger charge is 2.50. The molecule has 424 valence electrons. The van der Waals surface area contributed by atoms with Crippen molar-refractivity contribution in [1.82, 2.24) is 15.6 Å². The first kappa shape index (κ1) is 57.6. The first-order chi connectivity index (χ1) is 38.3. The Morgan fingerprint density at radius 3 is 2.42 bits per heavy atom. The largest absolute Gasteiger partial charge is 0.504 e. The van der Waals surface area contributed by atoms with Crippen LogP contribution in [0.15, 0.2) is 126 Å². The van der Waals surface area contributed by atoms with E-state index in [-0.39, 0.29) is 66.3 Å². The van der Waals surface area contributed by atoms with Crippen molar-refractivity contribution in [3.63, 3.8) is 0 Å². The van der Waals surface area contributed by atoms with Crippen LogP contribution in [0.5, 0.6) is 11.5 Å². The second kappa shape index (κ2) is 26.1. The molecule has 6 aliphatic rings. The van der Waals surface area contributed by atoms with Crippen LogP contribution in [-0.4, -0.2) is 115 Å². The van der Waals surface area contributed by atoms with E-state index in [0.717, 1.165) is 53.7 Å². The fourth-order valence-corrected chi connectivity index (χ4v) is 17.1. The molecule has 4 aliphatic carbocycles. The third-order valence-electron chi connectivity index (χ3n) is 18.8. The van der Waals surface area contributed by atoms with Crippen LogP contribution in [0, 0.1) is 58.7 Å². The van der Waals surface area contributed by atoms with Crippen molar-refractivity contribution >= 4 is 21.6 Å². The number of dihydropyridines is 1. The second-order valence-electron chi connectivity index (χ2n) is 23.9. The van der Waals surface area contributed by atoms with Crippen LogP contribution in [-0.2, 0) is 19.3 Å². The van der Waals surface area contributed by atoms with E-state index in [2.05, 4.69) is 113 Å². The molecular weight excluding hydrogens is 1030 g/mol. The number of nitrogens with one attached hydrogen (secondary N) is 3. The molecule has 2 aliphatic heterocycles. The quantitative estimate of drug-likeness (QED) is 0.0346. The van der Waals surface area contributed by atoms with Crippen molar-refractivity contribution in [1.29, 1.82) is 0 Å². The number of nitrogens with two attached hydrogens (primary N) is 1. The minimum absolute atomic E-state index is 0.0227. The number of rotatable bonds is 13. The van der Waals surface area contributed by atoms with Crippen LogP contribution >= 0.6 is 21.6 Å². The lowest BCUT2D eigenvalue weighted by Crippen LogP contribution is -2.48. The third kappa shape index (κ3) is 13.0. The number of aromatic amines is 1. The Balaban J connectivity index is 1.03. The van der Waals surface area contributed by atoms with E-state index in [1.807, 2.05) is 24.4 Å². The summed E-state index contributed by atoms with van der Waals surface area (Å²) < 4.78 is 6.99. The number of aromatic nitrogens is 1. The molecular formula is C65H84N4O8S2. The molecule has 0 radical (unpaired) electrons. The molecule has 16 atom stereocenters. The van der Waals surface area contributed by atoms with Crippen molar-refractivity contribution in [2.75, 3.05) is 37.8 Å². The summed E-state index contributed by atoms with van der Waals surface area (Å²) in [6.07, 6.45) is 8.92. The van der Waals surface area contributed by atoms with Gasteiger partial charge in [0.2, 0.25) is 0 Å². The molecule has 1 spiro atoms. The lowest BCUT2D eigenvalue weighted by molar-refractivity contribution is -0.0214. The van der Waals surface area contributed by atoms with E-state index in [9.17, 15) is 35.7 Å². The molecule has 1 saturated heterocycles. The molecule has 2 fully saturated rings. The Hall–Kier alpha value is -4.66. The van der Waals surface area contributed by atoms with E-state index in [1.54, 1.807) is 28.5 Å². The van der Waals surface area contributed by atoms with E-state index in [0.29, 0.717) is 75.4 Å². The Kier molecular flexibility index (Phi) is 19.0.